The summed E-state index contributed by atoms with van der Waals surface area (Å²) >= 11 is 0. The Bertz CT molecular complexity index is 1210. The molecular weight excluding hydrogens is 436 g/mol. The molecule has 0 N–H and O–H groups in total. The number of hydrogen-bond donors (Lipinski definition) is 0. The van der Waals surface area contributed by atoms with E-state index in [4.69, 9.17) is 14.5 Å². The summed E-state index contributed by atoms with van der Waals surface area (Å²) in [4.78, 5) is 21.2. The number of rotatable bonds is 9. The summed E-state index contributed by atoms with van der Waals surface area (Å²) in [5, 5.41) is 0. The van der Waals surface area contributed by atoms with Crippen LogP contribution in [0, 0.1) is 0 Å². The molecule has 0 aromatic heterocycles. The van der Waals surface area contributed by atoms with E-state index in [0.717, 1.165) is 47.4 Å². The van der Waals surface area contributed by atoms with Crippen LogP contribution < -0.4 is 9.64 Å². The quantitative estimate of drug-likeness (QED) is 0.356. The summed E-state index contributed by atoms with van der Waals surface area (Å²) in [5.41, 5.74) is 2.80. The molecule has 0 aliphatic carbocycles. The number of amides is 1. The Morgan fingerprint density at radius 1 is 0.943 bits per heavy atom. The van der Waals surface area contributed by atoms with E-state index in [1.165, 1.54) is 0 Å². The number of fused-ring (bicyclic) bond motifs is 3. The molecule has 0 saturated carbocycles. The van der Waals surface area contributed by atoms with Gasteiger partial charge in [-0.3, -0.25) is 4.79 Å². The van der Waals surface area contributed by atoms with Crippen molar-refractivity contribution in [1.82, 2.24) is 0 Å². The van der Waals surface area contributed by atoms with Gasteiger partial charge in [0, 0.05) is 24.1 Å². The smallest absolute Gasteiger partial charge is 0.259 e. The maximum absolute atomic E-state index is 14.2. The van der Waals surface area contributed by atoms with Gasteiger partial charge >= 0.3 is 0 Å². The van der Waals surface area contributed by atoms with Gasteiger partial charge in [0.25, 0.3) is 5.91 Å². The zero-order chi connectivity index (χ0) is 24.3. The lowest BCUT2D eigenvalue weighted by Gasteiger charge is -2.41. The number of para-hydroxylation sites is 1. The Morgan fingerprint density at radius 2 is 1.69 bits per heavy atom. The minimum Gasteiger partial charge on any atom is -0.494 e. The summed E-state index contributed by atoms with van der Waals surface area (Å²) in [6.07, 6.45) is 2.99. The van der Waals surface area contributed by atoms with Crippen molar-refractivity contribution in [3.8, 4) is 5.75 Å². The third-order valence-electron chi connectivity index (χ3n) is 6.72. The predicted molar refractivity (Wildman–Crippen MR) is 139 cm³/mol. The van der Waals surface area contributed by atoms with Crippen molar-refractivity contribution < 1.29 is 14.3 Å². The van der Waals surface area contributed by atoms with E-state index in [2.05, 4.69) is 32.0 Å². The summed E-state index contributed by atoms with van der Waals surface area (Å²) in [6, 6.07) is 26.0. The number of carbonyl (C=O) groups excluding carboxylic acids is 1. The molecule has 2 aliphatic rings. The number of benzene rings is 3. The highest BCUT2D eigenvalue weighted by Crippen LogP contribution is 2.50. The highest BCUT2D eigenvalue weighted by molar-refractivity contribution is 6.09. The fraction of sp³-hybridized carbons (Fsp3) is 0.333. The van der Waals surface area contributed by atoms with Crippen LogP contribution in [0.3, 0.4) is 0 Å². The van der Waals surface area contributed by atoms with E-state index in [-0.39, 0.29) is 5.91 Å². The standard InChI is InChI=1S/C30H32N2O3/c1-3-5-20-34-24-17-15-23(16-18-24)28-31-30(21-22-11-7-6-8-12-22)27(35-28)25-13-9-10-14-26(25)32(19-4-2)29(30)33/h6-18,27H,3-5,19-21H2,1-2H3/t27-,30-/m1/s1. The van der Waals surface area contributed by atoms with Crippen molar-refractivity contribution in [3.63, 3.8) is 0 Å². The number of unbranched alkanes of at least 4 members (excludes halogenated alkanes) is 1. The van der Waals surface area contributed by atoms with Gasteiger partial charge in [-0.15, -0.1) is 0 Å². The number of carbonyl (C=O) groups is 1. The van der Waals surface area contributed by atoms with Crippen LogP contribution in [0.4, 0.5) is 5.69 Å². The second-order valence-corrected chi connectivity index (χ2v) is 9.24. The van der Waals surface area contributed by atoms with Crippen LogP contribution in [0.1, 0.15) is 55.9 Å². The van der Waals surface area contributed by atoms with Crippen LogP contribution in [-0.2, 0) is 16.0 Å². The zero-order valence-corrected chi connectivity index (χ0v) is 20.4. The van der Waals surface area contributed by atoms with Crippen molar-refractivity contribution in [3.05, 3.63) is 95.6 Å². The molecule has 5 rings (SSSR count). The summed E-state index contributed by atoms with van der Waals surface area (Å²) < 4.78 is 12.4. The second-order valence-electron chi connectivity index (χ2n) is 9.24. The van der Waals surface area contributed by atoms with Crippen LogP contribution in [-0.4, -0.2) is 30.5 Å². The molecule has 1 amide bonds. The minimum absolute atomic E-state index is 0.00132. The third-order valence-corrected chi connectivity index (χ3v) is 6.72. The monoisotopic (exact) mass is 468 g/mol. The van der Waals surface area contributed by atoms with Gasteiger partial charge in [-0.2, -0.15) is 0 Å². The lowest BCUT2D eigenvalue weighted by molar-refractivity contribution is -0.127. The van der Waals surface area contributed by atoms with Crippen molar-refractivity contribution in [2.75, 3.05) is 18.1 Å². The maximum Gasteiger partial charge on any atom is 0.259 e. The Morgan fingerprint density at radius 3 is 2.43 bits per heavy atom. The molecule has 2 atom stereocenters. The van der Waals surface area contributed by atoms with Gasteiger partial charge in [-0.1, -0.05) is 68.8 Å². The molecule has 0 fully saturated rings. The van der Waals surface area contributed by atoms with E-state index in [1.54, 1.807) is 0 Å². The van der Waals surface area contributed by atoms with Crippen molar-refractivity contribution in [2.45, 2.75) is 51.2 Å². The lowest BCUT2D eigenvalue weighted by atomic mass is 9.78. The second kappa shape index (κ2) is 9.95. The Hall–Kier alpha value is -3.60. The van der Waals surface area contributed by atoms with Crippen LogP contribution in [0.2, 0.25) is 0 Å². The topological polar surface area (TPSA) is 51.1 Å². The number of anilines is 1. The first-order valence-electron chi connectivity index (χ1n) is 12.6. The van der Waals surface area contributed by atoms with Crippen molar-refractivity contribution >= 4 is 17.5 Å². The molecule has 0 saturated heterocycles. The Balaban J connectivity index is 1.56. The molecule has 2 aliphatic heterocycles. The molecule has 5 heteroatoms. The molecule has 0 unspecified atom stereocenters. The molecule has 180 valence electrons. The highest BCUT2D eigenvalue weighted by atomic mass is 16.5. The highest BCUT2D eigenvalue weighted by Gasteiger charge is 2.58. The first kappa shape index (κ1) is 23.2. The van der Waals surface area contributed by atoms with Crippen LogP contribution in [0.5, 0.6) is 5.75 Å². The van der Waals surface area contributed by atoms with Crippen LogP contribution in [0.15, 0.2) is 83.9 Å². The average Bonchev–Trinajstić information content (AvgIpc) is 3.28. The molecule has 0 bridgehead atoms. The first-order chi connectivity index (χ1) is 17.2. The third kappa shape index (κ3) is 4.31. The number of ether oxygens (including phenoxy) is 2. The molecule has 0 radical (unpaired) electrons. The average molecular weight is 469 g/mol. The fourth-order valence-corrected chi connectivity index (χ4v) is 4.98. The lowest BCUT2D eigenvalue weighted by Crippen LogP contribution is -2.55. The molecule has 35 heavy (non-hydrogen) atoms. The van der Waals surface area contributed by atoms with Gasteiger partial charge < -0.3 is 14.4 Å². The van der Waals surface area contributed by atoms with Gasteiger partial charge in [-0.05, 0) is 48.7 Å². The Kier molecular flexibility index (Phi) is 6.58. The summed E-state index contributed by atoms with van der Waals surface area (Å²) in [7, 11) is 0. The number of nitrogens with zero attached hydrogens (tertiary/aromatic N) is 2. The normalized spacial score (nSPS) is 20.6. The van der Waals surface area contributed by atoms with E-state index in [0.29, 0.717) is 25.5 Å². The molecule has 2 heterocycles. The van der Waals surface area contributed by atoms with Crippen molar-refractivity contribution in [2.24, 2.45) is 4.99 Å². The largest absolute Gasteiger partial charge is 0.494 e. The zero-order valence-electron chi connectivity index (χ0n) is 20.4. The molecule has 0 spiro atoms. The van der Waals surface area contributed by atoms with Gasteiger partial charge in [0.1, 0.15) is 5.75 Å². The van der Waals surface area contributed by atoms with Gasteiger partial charge in [0.15, 0.2) is 11.6 Å². The number of hydrogen-bond acceptors (Lipinski definition) is 4. The van der Waals surface area contributed by atoms with E-state index in [9.17, 15) is 4.79 Å². The van der Waals surface area contributed by atoms with Crippen molar-refractivity contribution in [1.29, 1.82) is 0 Å². The predicted octanol–water partition coefficient (Wildman–Crippen LogP) is 6.12. The minimum atomic E-state index is -1.05. The number of aliphatic imine (C=N–C) groups is 1. The fourth-order valence-electron chi connectivity index (χ4n) is 4.98. The summed E-state index contributed by atoms with van der Waals surface area (Å²) in [5.74, 6) is 1.33. The van der Waals surface area contributed by atoms with Crippen LogP contribution in [0.25, 0.3) is 0 Å². The van der Waals surface area contributed by atoms with Gasteiger partial charge in [0.2, 0.25) is 5.90 Å². The molecular formula is C30H32N2O3. The molecule has 3 aromatic carbocycles. The summed E-state index contributed by atoms with van der Waals surface area (Å²) in [6.45, 7) is 5.59. The van der Waals surface area contributed by atoms with E-state index >= 15 is 0 Å². The molecule has 3 aromatic rings. The SMILES string of the molecule is CCCCOc1ccc(C2=N[C@@]3(Cc4ccccc4)C(=O)N(CCC)c4ccccc4[C@H]3O2)cc1. The van der Waals surface area contributed by atoms with Gasteiger partial charge in [0.05, 0.1) is 12.3 Å². The molecule has 5 nitrogen and oxygen atoms in total. The van der Waals surface area contributed by atoms with Gasteiger partial charge in [-0.25, -0.2) is 4.99 Å². The first-order valence-corrected chi connectivity index (χ1v) is 12.6. The Labute approximate surface area is 207 Å². The van der Waals surface area contributed by atoms with E-state index in [1.807, 2.05) is 65.6 Å². The van der Waals surface area contributed by atoms with E-state index < -0.39 is 11.6 Å². The van der Waals surface area contributed by atoms with Crippen LogP contribution >= 0.6 is 0 Å². The maximum atomic E-state index is 14.2.